The van der Waals surface area contributed by atoms with E-state index in [0.717, 1.165) is 23.3 Å². The lowest BCUT2D eigenvalue weighted by Crippen LogP contribution is -2.16. The lowest BCUT2D eigenvalue weighted by molar-refractivity contribution is -0.116. The SMILES string of the molecule is COc1ccc(-c2cnc(NC(=O)CCC3CC=C(C)O3)nc2)c(OC)c1. The number of anilines is 1. The molecular weight excluding hydrogens is 346 g/mol. The summed E-state index contributed by atoms with van der Waals surface area (Å²) in [5, 5.41) is 2.72. The van der Waals surface area contributed by atoms with Gasteiger partial charge in [0.25, 0.3) is 0 Å². The first-order valence-corrected chi connectivity index (χ1v) is 8.76. The Bertz CT molecular complexity index is 834. The van der Waals surface area contributed by atoms with E-state index in [0.29, 0.717) is 24.3 Å². The fourth-order valence-corrected chi connectivity index (χ4v) is 2.88. The van der Waals surface area contributed by atoms with E-state index >= 15 is 0 Å². The number of amides is 1. The van der Waals surface area contributed by atoms with Crippen molar-refractivity contribution in [2.75, 3.05) is 19.5 Å². The minimum atomic E-state index is -0.127. The van der Waals surface area contributed by atoms with Crippen LogP contribution in [0.5, 0.6) is 11.5 Å². The first-order chi connectivity index (χ1) is 13.1. The fraction of sp³-hybridized carbons (Fsp3) is 0.350. The quantitative estimate of drug-likeness (QED) is 0.803. The van der Waals surface area contributed by atoms with Crippen molar-refractivity contribution in [2.45, 2.75) is 32.3 Å². The van der Waals surface area contributed by atoms with E-state index in [4.69, 9.17) is 14.2 Å². The van der Waals surface area contributed by atoms with Gasteiger partial charge < -0.3 is 14.2 Å². The third kappa shape index (κ3) is 4.75. The van der Waals surface area contributed by atoms with Gasteiger partial charge in [-0.3, -0.25) is 10.1 Å². The van der Waals surface area contributed by atoms with Crippen molar-refractivity contribution >= 4 is 11.9 Å². The van der Waals surface area contributed by atoms with Crippen molar-refractivity contribution in [3.05, 3.63) is 42.4 Å². The van der Waals surface area contributed by atoms with Crippen LogP contribution in [0.1, 0.15) is 26.2 Å². The Morgan fingerprint density at radius 1 is 1.26 bits per heavy atom. The van der Waals surface area contributed by atoms with Gasteiger partial charge in [-0.2, -0.15) is 0 Å². The second kappa shape index (κ2) is 8.53. The van der Waals surface area contributed by atoms with Crippen molar-refractivity contribution in [2.24, 2.45) is 0 Å². The molecule has 0 radical (unpaired) electrons. The molecule has 0 aliphatic carbocycles. The predicted octanol–water partition coefficient (Wildman–Crippen LogP) is 3.57. The van der Waals surface area contributed by atoms with Crippen molar-refractivity contribution in [1.29, 1.82) is 0 Å². The van der Waals surface area contributed by atoms with Gasteiger partial charge >= 0.3 is 0 Å². The van der Waals surface area contributed by atoms with Crippen LogP contribution in [0.4, 0.5) is 5.95 Å². The highest BCUT2D eigenvalue weighted by molar-refractivity contribution is 5.89. The molecule has 1 aliphatic rings. The molecule has 0 fully saturated rings. The smallest absolute Gasteiger partial charge is 0.229 e. The highest BCUT2D eigenvalue weighted by Gasteiger charge is 2.17. The average molecular weight is 369 g/mol. The number of nitrogens with one attached hydrogen (secondary N) is 1. The fourth-order valence-electron chi connectivity index (χ4n) is 2.88. The molecule has 7 heteroatoms. The van der Waals surface area contributed by atoms with Gasteiger partial charge in [0, 0.05) is 42.4 Å². The molecule has 0 saturated carbocycles. The Kier molecular flexibility index (Phi) is 5.90. The summed E-state index contributed by atoms with van der Waals surface area (Å²) in [5.41, 5.74) is 1.63. The molecule has 2 aromatic rings. The zero-order valence-electron chi connectivity index (χ0n) is 15.7. The lowest BCUT2D eigenvalue weighted by atomic mass is 10.1. The first kappa shape index (κ1) is 18.7. The summed E-state index contributed by atoms with van der Waals surface area (Å²) in [6, 6.07) is 5.52. The monoisotopic (exact) mass is 369 g/mol. The number of rotatable bonds is 7. The number of benzene rings is 1. The van der Waals surface area contributed by atoms with Crippen LogP contribution in [0.3, 0.4) is 0 Å². The van der Waals surface area contributed by atoms with Crippen molar-refractivity contribution < 1.29 is 19.0 Å². The third-order valence-corrected chi connectivity index (χ3v) is 4.34. The summed E-state index contributed by atoms with van der Waals surface area (Å²) >= 11 is 0. The van der Waals surface area contributed by atoms with Crippen LogP contribution in [0.2, 0.25) is 0 Å². The van der Waals surface area contributed by atoms with Gasteiger partial charge in [0.2, 0.25) is 11.9 Å². The molecule has 1 aromatic heterocycles. The molecule has 1 amide bonds. The molecule has 1 aromatic carbocycles. The summed E-state index contributed by atoms with van der Waals surface area (Å²) in [5.74, 6) is 2.44. The average Bonchev–Trinajstić information content (AvgIpc) is 3.12. The van der Waals surface area contributed by atoms with Gasteiger partial charge in [-0.25, -0.2) is 9.97 Å². The number of hydrogen-bond donors (Lipinski definition) is 1. The highest BCUT2D eigenvalue weighted by atomic mass is 16.5. The topological polar surface area (TPSA) is 82.6 Å². The Hall–Kier alpha value is -3.09. The van der Waals surface area contributed by atoms with E-state index in [-0.39, 0.29) is 18.0 Å². The highest BCUT2D eigenvalue weighted by Crippen LogP contribution is 2.32. The van der Waals surface area contributed by atoms with Gasteiger partial charge in [0.05, 0.1) is 20.0 Å². The lowest BCUT2D eigenvalue weighted by Gasteiger charge is -2.12. The summed E-state index contributed by atoms with van der Waals surface area (Å²) in [4.78, 5) is 20.5. The van der Waals surface area contributed by atoms with E-state index in [1.54, 1.807) is 32.7 Å². The van der Waals surface area contributed by atoms with E-state index in [9.17, 15) is 4.79 Å². The first-order valence-electron chi connectivity index (χ1n) is 8.76. The van der Waals surface area contributed by atoms with Crippen LogP contribution in [0.25, 0.3) is 11.1 Å². The van der Waals surface area contributed by atoms with Crippen LogP contribution in [-0.4, -0.2) is 36.2 Å². The molecule has 1 atom stereocenters. The standard InChI is InChI=1S/C20H23N3O4/c1-13-4-5-15(27-13)7-9-19(24)23-20-21-11-14(12-22-20)17-8-6-16(25-2)10-18(17)26-3/h4,6,8,10-12,15H,5,7,9H2,1-3H3,(H,21,22,23,24). The minimum absolute atomic E-state index is 0.0848. The Morgan fingerprint density at radius 2 is 2.04 bits per heavy atom. The van der Waals surface area contributed by atoms with Gasteiger partial charge in [-0.15, -0.1) is 0 Å². The Labute approximate surface area is 158 Å². The summed E-state index contributed by atoms with van der Waals surface area (Å²) in [6.45, 7) is 1.92. The van der Waals surface area contributed by atoms with Gasteiger partial charge in [0.15, 0.2) is 0 Å². The number of carbonyl (C=O) groups excluding carboxylic acids is 1. The van der Waals surface area contributed by atoms with Crippen LogP contribution in [-0.2, 0) is 9.53 Å². The number of methoxy groups -OCH3 is 2. The minimum Gasteiger partial charge on any atom is -0.497 e. The van der Waals surface area contributed by atoms with Crippen LogP contribution < -0.4 is 14.8 Å². The van der Waals surface area contributed by atoms with Crippen LogP contribution in [0, 0.1) is 0 Å². The van der Waals surface area contributed by atoms with Gasteiger partial charge in [-0.05, 0) is 31.6 Å². The summed E-state index contributed by atoms with van der Waals surface area (Å²) in [6.07, 6.45) is 7.32. The van der Waals surface area contributed by atoms with Gasteiger partial charge in [0.1, 0.15) is 17.6 Å². The molecule has 1 aliphatic heterocycles. The third-order valence-electron chi connectivity index (χ3n) is 4.34. The van der Waals surface area contributed by atoms with E-state index in [1.807, 2.05) is 25.1 Å². The number of carbonyl (C=O) groups is 1. The zero-order chi connectivity index (χ0) is 19.2. The molecule has 142 valence electrons. The molecule has 3 rings (SSSR count). The Morgan fingerprint density at radius 3 is 2.67 bits per heavy atom. The van der Waals surface area contributed by atoms with E-state index in [1.165, 1.54) is 0 Å². The molecule has 1 N–H and O–H groups in total. The second-order valence-corrected chi connectivity index (χ2v) is 6.24. The van der Waals surface area contributed by atoms with Crippen LogP contribution in [0.15, 0.2) is 42.4 Å². The number of nitrogens with zero attached hydrogens (tertiary/aromatic N) is 2. The maximum absolute atomic E-state index is 12.1. The molecule has 0 bridgehead atoms. The predicted molar refractivity (Wildman–Crippen MR) is 102 cm³/mol. The normalized spacial score (nSPS) is 15.7. The largest absolute Gasteiger partial charge is 0.497 e. The molecular formula is C20H23N3O4. The number of ether oxygens (including phenoxy) is 3. The zero-order valence-corrected chi connectivity index (χ0v) is 15.7. The molecule has 0 spiro atoms. The number of allylic oxidation sites excluding steroid dienone is 1. The van der Waals surface area contributed by atoms with E-state index < -0.39 is 0 Å². The Balaban J connectivity index is 1.59. The van der Waals surface area contributed by atoms with Crippen molar-refractivity contribution in [3.8, 4) is 22.6 Å². The number of hydrogen-bond acceptors (Lipinski definition) is 6. The maximum Gasteiger partial charge on any atom is 0.229 e. The summed E-state index contributed by atoms with van der Waals surface area (Å²) in [7, 11) is 3.20. The van der Waals surface area contributed by atoms with E-state index in [2.05, 4.69) is 15.3 Å². The summed E-state index contributed by atoms with van der Waals surface area (Å²) < 4.78 is 16.2. The van der Waals surface area contributed by atoms with Gasteiger partial charge in [-0.1, -0.05) is 0 Å². The number of aromatic nitrogens is 2. The van der Waals surface area contributed by atoms with Crippen molar-refractivity contribution in [3.63, 3.8) is 0 Å². The van der Waals surface area contributed by atoms with Crippen LogP contribution >= 0.6 is 0 Å². The molecule has 7 nitrogen and oxygen atoms in total. The van der Waals surface area contributed by atoms with Crippen molar-refractivity contribution in [1.82, 2.24) is 9.97 Å². The molecule has 1 unspecified atom stereocenters. The molecule has 0 saturated heterocycles. The maximum atomic E-state index is 12.1. The molecule has 27 heavy (non-hydrogen) atoms. The molecule has 2 heterocycles. The second-order valence-electron chi connectivity index (χ2n) is 6.24.